The molecule has 8 heteroatoms. The Kier molecular flexibility index (Phi) is 4.99. The van der Waals surface area contributed by atoms with Crippen LogP contribution < -0.4 is 11.1 Å². The van der Waals surface area contributed by atoms with Crippen molar-refractivity contribution >= 4 is 17.0 Å². The number of rotatable bonds is 7. The molecule has 0 aliphatic rings. The van der Waals surface area contributed by atoms with Gasteiger partial charge in [-0.2, -0.15) is 0 Å². The predicted molar refractivity (Wildman–Crippen MR) is 91.2 cm³/mol. The van der Waals surface area contributed by atoms with Crippen LogP contribution in [0.25, 0.3) is 11.1 Å². The zero-order chi connectivity index (χ0) is 17.8. The van der Waals surface area contributed by atoms with Gasteiger partial charge in [-0.3, -0.25) is 9.36 Å². The number of para-hydroxylation sites is 2. The van der Waals surface area contributed by atoms with E-state index in [-0.39, 0.29) is 12.5 Å². The molecule has 3 rings (SSSR count). The number of hydrogen-bond donors (Lipinski definition) is 1. The number of nitrogens with zero attached hydrogens (tertiary/aromatic N) is 3. The summed E-state index contributed by atoms with van der Waals surface area (Å²) in [6.07, 6.45) is 1.77. The zero-order valence-electron chi connectivity index (χ0n) is 14.2. The number of carbonyl (C=O) groups excluding carboxylic acids is 1. The van der Waals surface area contributed by atoms with E-state index in [0.717, 1.165) is 11.5 Å². The molecule has 8 nitrogen and oxygen atoms in total. The van der Waals surface area contributed by atoms with Crippen molar-refractivity contribution in [3.05, 3.63) is 52.5 Å². The fourth-order valence-electron chi connectivity index (χ4n) is 2.73. The first-order chi connectivity index (χ1) is 12.1. The first-order valence-electron chi connectivity index (χ1n) is 7.95. The van der Waals surface area contributed by atoms with Crippen LogP contribution in [0.2, 0.25) is 0 Å². The van der Waals surface area contributed by atoms with Gasteiger partial charge >= 0.3 is 5.76 Å². The van der Waals surface area contributed by atoms with Crippen molar-refractivity contribution in [2.45, 2.75) is 26.6 Å². The summed E-state index contributed by atoms with van der Waals surface area (Å²) < 4.78 is 13.5. The van der Waals surface area contributed by atoms with Crippen LogP contribution in [-0.2, 0) is 29.2 Å². The van der Waals surface area contributed by atoms with Crippen LogP contribution in [0.15, 0.2) is 39.7 Å². The number of aromatic nitrogens is 3. The summed E-state index contributed by atoms with van der Waals surface area (Å²) >= 11 is 0. The molecule has 0 aliphatic heterocycles. The average Bonchev–Trinajstić information content (AvgIpc) is 3.09. The minimum absolute atomic E-state index is 0.0797. The highest BCUT2D eigenvalue weighted by molar-refractivity contribution is 5.79. The lowest BCUT2D eigenvalue weighted by atomic mass is 10.3. The van der Waals surface area contributed by atoms with Crippen LogP contribution in [0.3, 0.4) is 0 Å². The fraction of sp³-hybridized carbons (Fsp3) is 0.353. The van der Waals surface area contributed by atoms with Gasteiger partial charge in [0.05, 0.1) is 5.52 Å². The predicted octanol–water partition coefficient (Wildman–Crippen LogP) is 1.06. The quantitative estimate of drug-likeness (QED) is 0.692. The number of carbonyl (C=O) groups is 1. The van der Waals surface area contributed by atoms with E-state index in [1.807, 2.05) is 11.5 Å². The topological polar surface area (TPSA) is 91.3 Å². The number of oxazole rings is 1. The number of aryl methyl sites for hydroxylation is 1. The van der Waals surface area contributed by atoms with E-state index in [0.29, 0.717) is 30.8 Å². The zero-order valence-corrected chi connectivity index (χ0v) is 14.2. The summed E-state index contributed by atoms with van der Waals surface area (Å²) in [5.41, 5.74) is 2.08. The van der Waals surface area contributed by atoms with Gasteiger partial charge in [0, 0.05) is 32.1 Å². The Bertz CT molecular complexity index is 938. The number of imidazole rings is 1. The maximum atomic E-state index is 12.2. The summed E-state index contributed by atoms with van der Waals surface area (Å²) in [5, 5.41) is 2.82. The summed E-state index contributed by atoms with van der Waals surface area (Å²) in [5.74, 6) is 0.0233. The highest BCUT2D eigenvalue weighted by atomic mass is 16.5. The Morgan fingerprint density at radius 2 is 2.12 bits per heavy atom. The smallest absolute Gasteiger partial charge is 0.408 e. The Hall–Kier alpha value is -2.87. The van der Waals surface area contributed by atoms with Crippen LogP contribution in [0, 0.1) is 6.92 Å². The molecule has 0 unspecified atom stereocenters. The van der Waals surface area contributed by atoms with Crippen molar-refractivity contribution in [1.82, 2.24) is 19.4 Å². The van der Waals surface area contributed by atoms with E-state index in [4.69, 9.17) is 9.15 Å². The third-order valence-electron chi connectivity index (χ3n) is 3.94. The summed E-state index contributed by atoms with van der Waals surface area (Å²) in [6.45, 7) is 3.29. The van der Waals surface area contributed by atoms with Gasteiger partial charge in [-0.25, -0.2) is 9.78 Å². The highest BCUT2D eigenvalue weighted by Gasteiger charge is 2.12. The van der Waals surface area contributed by atoms with E-state index < -0.39 is 5.76 Å². The van der Waals surface area contributed by atoms with Crippen molar-refractivity contribution in [3.8, 4) is 0 Å². The number of methoxy groups -OCH3 is 1. The lowest BCUT2D eigenvalue weighted by Gasteiger charge is -2.11. The maximum Gasteiger partial charge on any atom is 0.420 e. The van der Waals surface area contributed by atoms with Gasteiger partial charge in [-0.15, -0.1) is 0 Å². The van der Waals surface area contributed by atoms with Gasteiger partial charge in [0.25, 0.3) is 0 Å². The highest BCUT2D eigenvalue weighted by Crippen LogP contribution is 2.11. The summed E-state index contributed by atoms with van der Waals surface area (Å²) in [7, 11) is 1.61. The van der Waals surface area contributed by atoms with E-state index >= 15 is 0 Å². The third-order valence-corrected chi connectivity index (χ3v) is 3.94. The van der Waals surface area contributed by atoms with Crippen molar-refractivity contribution < 1.29 is 13.9 Å². The molecule has 25 heavy (non-hydrogen) atoms. The number of hydrogen-bond acceptors (Lipinski definition) is 5. The SMILES string of the molecule is COCc1ncc(C)n1CCNC(=O)Cn1c(=O)oc2ccccc21. The van der Waals surface area contributed by atoms with E-state index in [9.17, 15) is 9.59 Å². The van der Waals surface area contributed by atoms with Crippen LogP contribution in [0.4, 0.5) is 0 Å². The van der Waals surface area contributed by atoms with Gasteiger partial charge in [0.2, 0.25) is 5.91 Å². The van der Waals surface area contributed by atoms with Crippen molar-refractivity contribution in [1.29, 1.82) is 0 Å². The number of amides is 1. The van der Waals surface area contributed by atoms with Crippen LogP contribution in [0.5, 0.6) is 0 Å². The lowest BCUT2D eigenvalue weighted by molar-refractivity contribution is -0.121. The van der Waals surface area contributed by atoms with E-state index in [1.54, 1.807) is 37.6 Å². The molecule has 1 N–H and O–H groups in total. The first kappa shape index (κ1) is 17.0. The van der Waals surface area contributed by atoms with Gasteiger partial charge in [0.15, 0.2) is 5.58 Å². The molecule has 3 aromatic rings. The molecule has 2 heterocycles. The molecule has 0 aliphatic carbocycles. The van der Waals surface area contributed by atoms with E-state index in [2.05, 4.69) is 10.3 Å². The minimum atomic E-state index is -0.538. The van der Waals surface area contributed by atoms with Gasteiger partial charge in [-0.05, 0) is 19.1 Å². The summed E-state index contributed by atoms with van der Waals surface area (Å²) in [4.78, 5) is 28.3. The van der Waals surface area contributed by atoms with Crippen LogP contribution >= 0.6 is 0 Å². The number of nitrogens with one attached hydrogen (secondary N) is 1. The molecule has 0 bridgehead atoms. The van der Waals surface area contributed by atoms with Gasteiger partial charge in [0.1, 0.15) is 19.0 Å². The monoisotopic (exact) mass is 344 g/mol. The van der Waals surface area contributed by atoms with E-state index in [1.165, 1.54) is 4.57 Å². The largest absolute Gasteiger partial charge is 0.420 e. The molecular weight excluding hydrogens is 324 g/mol. The molecule has 1 aromatic carbocycles. The Morgan fingerprint density at radius 1 is 1.32 bits per heavy atom. The standard InChI is InChI=1S/C17H20N4O4/c1-12-9-19-15(11-24-2)20(12)8-7-18-16(22)10-21-13-5-3-4-6-14(13)25-17(21)23/h3-6,9H,7-8,10-11H2,1-2H3,(H,18,22). The Balaban J connectivity index is 1.61. The molecule has 0 saturated heterocycles. The van der Waals surface area contributed by atoms with Crippen LogP contribution in [0.1, 0.15) is 11.5 Å². The molecule has 1 amide bonds. The molecule has 0 atom stereocenters. The van der Waals surface area contributed by atoms with Gasteiger partial charge in [-0.1, -0.05) is 12.1 Å². The molecule has 0 spiro atoms. The maximum absolute atomic E-state index is 12.2. The molecule has 0 fully saturated rings. The molecule has 0 saturated carbocycles. The minimum Gasteiger partial charge on any atom is -0.408 e. The van der Waals surface area contributed by atoms with Crippen molar-refractivity contribution in [2.75, 3.05) is 13.7 Å². The first-order valence-corrected chi connectivity index (χ1v) is 7.95. The van der Waals surface area contributed by atoms with Crippen molar-refractivity contribution in [2.24, 2.45) is 0 Å². The number of benzene rings is 1. The fourth-order valence-corrected chi connectivity index (χ4v) is 2.73. The third kappa shape index (κ3) is 3.63. The van der Waals surface area contributed by atoms with Gasteiger partial charge < -0.3 is 19.0 Å². The molecular formula is C17H20N4O4. The molecule has 2 aromatic heterocycles. The second kappa shape index (κ2) is 7.35. The molecule has 0 radical (unpaired) electrons. The normalized spacial score (nSPS) is 11.1. The lowest BCUT2D eigenvalue weighted by Crippen LogP contribution is -2.33. The average molecular weight is 344 g/mol. The second-order valence-electron chi connectivity index (χ2n) is 5.67. The number of fused-ring (bicyclic) bond motifs is 1. The summed E-state index contributed by atoms with van der Waals surface area (Å²) in [6, 6.07) is 7.02. The second-order valence-corrected chi connectivity index (χ2v) is 5.67. The number of ether oxygens (including phenoxy) is 1. The molecule has 132 valence electrons. The van der Waals surface area contributed by atoms with Crippen LogP contribution in [-0.4, -0.2) is 33.7 Å². The Morgan fingerprint density at radius 3 is 2.92 bits per heavy atom. The van der Waals surface area contributed by atoms with Crippen molar-refractivity contribution in [3.63, 3.8) is 0 Å². The Labute approximate surface area is 144 Å².